The molecule has 0 bridgehead atoms. The van der Waals surface area contributed by atoms with Crippen molar-refractivity contribution in [1.29, 1.82) is 0 Å². The fraction of sp³-hybridized carbons (Fsp3) is 0.639. The summed E-state index contributed by atoms with van der Waals surface area (Å²) in [5.41, 5.74) is 2.98. The Bertz CT molecular complexity index is 1110. The smallest absolute Gasteiger partial charge is 0.305 e. The molecule has 1 heterocycles. The highest BCUT2D eigenvalue weighted by Crippen LogP contribution is 2.21. The summed E-state index contributed by atoms with van der Waals surface area (Å²) in [4.78, 5) is 67.1. The lowest BCUT2D eigenvalue weighted by Crippen LogP contribution is -2.50. The Hall–Kier alpha value is -4.13. The molecule has 13 heteroatoms. The van der Waals surface area contributed by atoms with Gasteiger partial charge in [0.05, 0.1) is 25.0 Å². The number of hydrogen-bond acceptors (Lipinski definition) is 8. The number of nitrogens with one attached hydrogen (secondary N) is 4. The maximum Gasteiger partial charge on any atom is 0.305 e. The van der Waals surface area contributed by atoms with Crippen LogP contribution in [0.25, 0.3) is 6.08 Å². The predicted octanol–water partition coefficient (Wildman–Crippen LogP) is 5.09. The normalized spacial score (nSPS) is 11.7. The van der Waals surface area contributed by atoms with Crippen molar-refractivity contribution in [3.05, 3.63) is 47.7 Å². The molecular weight excluding hydrogens is 628 g/mol. The van der Waals surface area contributed by atoms with Crippen LogP contribution in [0.1, 0.15) is 109 Å². The Morgan fingerprint density at radius 3 is 1.98 bits per heavy atom. The summed E-state index contributed by atoms with van der Waals surface area (Å²) in [6, 6.07) is -2.30. The van der Waals surface area contributed by atoms with Crippen LogP contribution in [0.3, 0.4) is 0 Å². The van der Waals surface area contributed by atoms with E-state index in [0.29, 0.717) is 12.7 Å². The number of carboxylic acid groups (broad SMARTS) is 1. The Morgan fingerprint density at radius 1 is 0.959 bits per heavy atom. The Labute approximate surface area is 294 Å². The highest BCUT2D eigenvalue weighted by molar-refractivity contribution is 5.89. The number of unbranched alkanes of at least 4 members (excludes halogenated alkanes) is 7. The van der Waals surface area contributed by atoms with E-state index < -0.39 is 30.0 Å². The molecule has 1 aromatic rings. The van der Waals surface area contributed by atoms with Gasteiger partial charge in [-0.3, -0.25) is 19.2 Å². The van der Waals surface area contributed by atoms with Gasteiger partial charge in [0.2, 0.25) is 17.7 Å². The lowest BCUT2D eigenvalue weighted by molar-refractivity contribution is -0.139. The lowest BCUT2D eigenvalue weighted by Gasteiger charge is -2.20. The maximum absolute atomic E-state index is 12.8. The number of nitrogens with zero attached hydrogens (tertiary/aromatic N) is 2. The van der Waals surface area contributed by atoms with E-state index in [1.165, 1.54) is 58.9 Å². The highest BCUT2D eigenvalue weighted by Gasteiger charge is 2.25. The van der Waals surface area contributed by atoms with Gasteiger partial charge in [0.25, 0.3) is 0 Å². The number of hydrogen-bond donors (Lipinski definition) is 5. The van der Waals surface area contributed by atoms with Crippen LogP contribution in [-0.2, 0) is 36.9 Å². The lowest BCUT2D eigenvalue weighted by atomic mass is 10.0. The molecule has 3 atom stereocenters. The van der Waals surface area contributed by atoms with Gasteiger partial charge in [-0.25, -0.2) is 0 Å². The number of nitroso groups, excluding NO2 is 1. The summed E-state index contributed by atoms with van der Waals surface area (Å²) in [6.07, 6.45) is 14.6. The molecule has 0 radical (unpaired) electrons. The van der Waals surface area contributed by atoms with Crippen LogP contribution in [0.2, 0.25) is 0 Å². The molecule has 0 spiro atoms. The molecule has 0 aromatic carbocycles. The number of carbonyl (C=O) groups excluding carboxylic acids is 4. The van der Waals surface area contributed by atoms with Crippen molar-refractivity contribution in [1.82, 2.24) is 25.8 Å². The van der Waals surface area contributed by atoms with Gasteiger partial charge in [-0.05, 0) is 44.0 Å². The predicted molar refractivity (Wildman–Crippen MR) is 198 cm³/mol. The Balaban J connectivity index is -0.00000118. The van der Waals surface area contributed by atoms with Crippen LogP contribution in [0.15, 0.2) is 31.1 Å². The number of carboxylic acids is 1. The first kappa shape index (κ1) is 49.3. The fourth-order valence-electron chi connectivity index (χ4n) is 4.81. The molecule has 3 amide bonds. The average Bonchev–Trinajstić information content (AvgIpc) is 3.40. The molecule has 0 saturated carbocycles. The van der Waals surface area contributed by atoms with Crippen LogP contribution in [0, 0.1) is 11.8 Å². The number of aromatic nitrogens is 1. The van der Waals surface area contributed by atoms with Gasteiger partial charge < -0.3 is 35.7 Å². The molecule has 0 fully saturated rings. The standard InChI is InChI=1S/C26H42N4O4.C6H12N2O3.C2H6.C2H4/c1-5-7-8-9-10-11-12-13-16-30-18-22(20(3)25(30)6-2)17-24(28-21(4)32)26(33)29-23(19-31)14-15-27-34;1-7-4(3-5(9)10)6(11)8-2;2*1-2/h6,18-19,23-24H,2,5,7-17H2,1,3-4H3,(H,28,32)(H,29,33);4,7H,3H2,1-2H3,(H,8,11)(H,9,10);1-2H3;1-2H2. The van der Waals surface area contributed by atoms with Crippen LogP contribution in [0.5, 0.6) is 0 Å². The minimum atomic E-state index is -0.993. The quantitative estimate of drug-likeness (QED) is 0.0454. The molecule has 0 saturated heterocycles. The second-order valence-electron chi connectivity index (χ2n) is 10.9. The van der Waals surface area contributed by atoms with Crippen molar-refractivity contribution in [2.24, 2.45) is 5.18 Å². The van der Waals surface area contributed by atoms with Crippen molar-refractivity contribution in [3.63, 3.8) is 0 Å². The molecule has 5 N–H and O–H groups in total. The molecule has 3 unspecified atom stereocenters. The number of aldehydes is 1. The average molecular weight is 693 g/mol. The SMILES string of the molecule is C=C.C=Cc1c(C)c(CC(NC(C)=O)C(=O)NC(C=O)CCN=O)cn1CCCCCCCCCC.CC.CNC(=O)C(CC(=O)O)NC. The van der Waals surface area contributed by atoms with Gasteiger partial charge in [0.1, 0.15) is 12.3 Å². The number of amides is 3. The van der Waals surface area contributed by atoms with E-state index in [2.05, 4.69) is 57.7 Å². The van der Waals surface area contributed by atoms with Gasteiger partial charge >= 0.3 is 5.97 Å². The number of rotatable bonds is 23. The topological polar surface area (TPSA) is 188 Å². The van der Waals surface area contributed by atoms with Gasteiger partial charge in [0.15, 0.2) is 0 Å². The molecule has 0 aliphatic heterocycles. The molecule has 280 valence electrons. The zero-order valence-corrected chi connectivity index (χ0v) is 31.1. The van der Waals surface area contributed by atoms with Crippen molar-refractivity contribution in [2.75, 3.05) is 20.6 Å². The molecule has 1 rings (SSSR count). The van der Waals surface area contributed by atoms with Crippen molar-refractivity contribution < 1.29 is 29.1 Å². The van der Waals surface area contributed by atoms with Crippen molar-refractivity contribution in [3.8, 4) is 0 Å². The summed E-state index contributed by atoms with van der Waals surface area (Å²) in [5.74, 6) is -2.10. The molecule has 0 aliphatic carbocycles. The fourth-order valence-corrected chi connectivity index (χ4v) is 4.81. The molecular formula is C36H64N6O7. The maximum atomic E-state index is 12.8. The van der Waals surface area contributed by atoms with E-state index in [1.54, 1.807) is 7.05 Å². The zero-order valence-electron chi connectivity index (χ0n) is 31.1. The van der Waals surface area contributed by atoms with Crippen LogP contribution < -0.4 is 21.3 Å². The molecule has 1 aromatic heterocycles. The third-order valence-corrected chi connectivity index (χ3v) is 7.36. The minimum absolute atomic E-state index is 0.0715. The monoisotopic (exact) mass is 692 g/mol. The number of likely N-dealkylation sites (N-methyl/N-ethyl adjacent to an activating group) is 2. The van der Waals surface area contributed by atoms with Crippen LogP contribution >= 0.6 is 0 Å². The Kier molecular flexibility index (Phi) is 32.6. The van der Waals surface area contributed by atoms with E-state index in [-0.39, 0.29) is 31.2 Å². The number of carbonyl (C=O) groups is 5. The minimum Gasteiger partial charge on any atom is -0.481 e. The summed E-state index contributed by atoms with van der Waals surface area (Å²) in [7, 11) is 3.01. The van der Waals surface area contributed by atoms with E-state index >= 15 is 0 Å². The third kappa shape index (κ3) is 23.0. The Morgan fingerprint density at radius 2 is 1.53 bits per heavy atom. The van der Waals surface area contributed by atoms with Gasteiger partial charge in [-0.1, -0.05) is 77.5 Å². The van der Waals surface area contributed by atoms with Crippen molar-refractivity contribution in [2.45, 2.75) is 130 Å². The van der Waals surface area contributed by atoms with E-state index in [1.807, 2.05) is 33.0 Å². The van der Waals surface area contributed by atoms with E-state index in [4.69, 9.17) is 5.11 Å². The van der Waals surface area contributed by atoms with Gasteiger partial charge in [-0.15, -0.1) is 13.2 Å². The van der Waals surface area contributed by atoms with Crippen LogP contribution in [-0.4, -0.2) is 78.4 Å². The summed E-state index contributed by atoms with van der Waals surface area (Å²) < 4.78 is 2.17. The summed E-state index contributed by atoms with van der Waals surface area (Å²) >= 11 is 0. The first-order valence-corrected chi connectivity index (χ1v) is 17.2. The number of aryl methyl sites for hydroxylation is 1. The van der Waals surface area contributed by atoms with E-state index in [0.717, 1.165) is 29.8 Å². The van der Waals surface area contributed by atoms with E-state index in [9.17, 15) is 28.9 Å². The molecule has 13 nitrogen and oxygen atoms in total. The number of aliphatic carboxylic acids is 1. The second-order valence-corrected chi connectivity index (χ2v) is 10.9. The first-order valence-electron chi connectivity index (χ1n) is 17.2. The highest BCUT2D eigenvalue weighted by atomic mass is 16.4. The second kappa shape index (κ2) is 32.4. The summed E-state index contributed by atoms with van der Waals surface area (Å²) in [5, 5.41) is 21.3. The molecule has 49 heavy (non-hydrogen) atoms. The molecule has 0 aliphatic rings. The summed E-state index contributed by atoms with van der Waals surface area (Å²) in [6.45, 7) is 20.3. The van der Waals surface area contributed by atoms with Crippen LogP contribution in [0.4, 0.5) is 0 Å². The third-order valence-electron chi connectivity index (χ3n) is 7.36. The zero-order chi connectivity index (χ0) is 38.2. The van der Waals surface area contributed by atoms with Crippen molar-refractivity contribution >= 4 is 36.1 Å². The largest absolute Gasteiger partial charge is 0.481 e. The van der Waals surface area contributed by atoms with Gasteiger partial charge in [0, 0.05) is 38.8 Å². The first-order chi connectivity index (χ1) is 23.5. The van der Waals surface area contributed by atoms with Gasteiger partial charge in [-0.2, -0.15) is 4.91 Å².